The van der Waals surface area contributed by atoms with Crippen molar-refractivity contribution in [1.29, 1.82) is 5.26 Å². The number of nitriles is 1. The predicted octanol–water partition coefficient (Wildman–Crippen LogP) is -2.58. The molecule has 0 radical (unpaired) electrons. The topological polar surface area (TPSA) is 369 Å². The fraction of sp³-hybridized carbons (Fsp3) is 0.807. The third kappa shape index (κ3) is 84.2. The number of carboxylic acids is 3. The predicted molar refractivity (Wildman–Crippen MR) is 316 cm³/mol. The molecule has 9 N–H and O–H groups in total. The van der Waals surface area contributed by atoms with E-state index in [4.69, 9.17) is 51.8 Å². The maximum absolute atomic E-state index is 12.6. The molecule has 0 unspecified atom stereocenters. The van der Waals surface area contributed by atoms with Gasteiger partial charge in [-0.3, -0.25) is 53.2 Å². The van der Waals surface area contributed by atoms with Crippen molar-refractivity contribution in [3.8, 4) is 6.07 Å². The summed E-state index contributed by atoms with van der Waals surface area (Å²) in [5, 5.41) is 63.8. The van der Waals surface area contributed by atoms with Crippen LogP contribution in [0.2, 0.25) is 0 Å². The molecule has 0 aromatic heterocycles. The quantitative estimate of drug-likeness (QED) is 0.00807. The molecule has 0 aliphatic carbocycles. The van der Waals surface area contributed by atoms with Gasteiger partial charge >= 0.3 is 140 Å². The van der Waals surface area contributed by atoms with E-state index in [1.807, 2.05) is 4.90 Å². The third-order valence-corrected chi connectivity index (χ3v) is 11.2. The number of aliphatic hydroxyl groups excluding tert-OH is 3. The minimum Gasteiger partial charge on any atom is -0.480 e. The van der Waals surface area contributed by atoms with Crippen LogP contribution in [0.15, 0.2) is 0 Å². The Balaban J connectivity index is -0.000000183. The molecule has 3 saturated heterocycles. The number of carboxylic acid groups (broad SMARTS) is 3. The molecule has 3 aliphatic heterocycles. The fourth-order valence-electron chi connectivity index (χ4n) is 6.85. The van der Waals surface area contributed by atoms with Crippen molar-refractivity contribution in [3.63, 3.8) is 0 Å². The van der Waals surface area contributed by atoms with Crippen LogP contribution in [0.3, 0.4) is 0 Å². The SMILES string of the molecule is C1CCOC1.C1CO1.CC#N.NCCCCOC(=O)CCCCCO.O=C(O)CN1CCN(CC(=O)O)CCN(CC(=O)NCCCCOC(=O)CCCCCO)CCN(CC(=O)O)CC1.[C-]#[N+]CCCOC(=O)CCCCCO.[CH2-]C.[CH3-].[H+].[K+].[K+]. The van der Waals surface area contributed by atoms with Gasteiger partial charge in [0.1, 0.15) is 0 Å². The number of nitrogens with zero attached hydrogens (tertiary/aromatic N) is 6. The molecule has 0 atom stereocenters. The van der Waals surface area contributed by atoms with E-state index in [2.05, 4.69) is 21.8 Å². The first-order valence-corrected chi connectivity index (χ1v) is 28.9. The van der Waals surface area contributed by atoms with E-state index >= 15 is 0 Å². The van der Waals surface area contributed by atoms with Gasteiger partial charge in [-0.05, 0) is 83.6 Å². The number of ether oxygens (including phenoxy) is 5. The van der Waals surface area contributed by atoms with Crippen molar-refractivity contribution in [2.45, 2.75) is 136 Å². The van der Waals surface area contributed by atoms with Gasteiger partial charge in [0.2, 0.25) is 12.5 Å². The number of carbonyl (C=O) groups excluding carboxylic acids is 4. The zero-order valence-corrected chi connectivity index (χ0v) is 58.9. The molecular weight excluding hydrogens is 1160 g/mol. The second-order valence-corrected chi connectivity index (χ2v) is 18.5. The molecule has 486 valence electrons. The summed E-state index contributed by atoms with van der Waals surface area (Å²) in [5.74, 6) is -3.87. The van der Waals surface area contributed by atoms with E-state index < -0.39 is 17.9 Å². The van der Waals surface area contributed by atoms with Gasteiger partial charge in [-0.15, -0.1) is 0 Å². The van der Waals surface area contributed by atoms with Crippen LogP contribution in [0, 0.1) is 32.3 Å². The van der Waals surface area contributed by atoms with Crippen LogP contribution >= 0.6 is 0 Å². The van der Waals surface area contributed by atoms with Gasteiger partial charge in [0.15, 0.2) is 0 Å². The zero-order valence-electron chi connectivity index (χ0n) is 53.7. The van der Waals surface area contributed by atoms with Crippen LogP contribution in [0.4, 0.5) is 0 Å². The standard InChI is InChI=1S/C26H47N5O10.C10H17NO3.C10H21NO3.C4H8O.C2H3N.C2H4O.C2H5.CH3.2K/c32-16-4-1-2-6-26(40)41-17-5-3-7-27-22(33)18-28-8-10-29(19-23(34)35)12-14-31(21-25(38)39)15-13-30(11-9-28)20-24(36)37;1-11-7-5-9-14-10(13)6-3-2-4-8-12;11-7-3-5-9-14-10(13)6-2-1-4-8-12;1-2-4-5-3-1;1-2-3;1-2-3-1;1-2;;;/h32H,1-21H2,(H,27,33)(H,34,35)(H,36,37)(H,38,39);12H,2-9H2;12H,1-9,11H2;1-4H2;1H3;1-2H2;1H2,2H3;1H3;;/q;;;;;;2*-1;2*+1/p+1. The fourth-order valence-corrected chi connectivity index (χ4v) is 6.85. The summed E-state index contributed by atoms with van der Waals surface area (Å²) in [4.78, 5) is 90.5. The third-order valence-electron chi connectivity index (χ3n) is 11.2. The molecular formula is C57H109K2N8O18+. The average Bonchev–Trinajstić information content (AvgIpc) is 4.21. The van der Waals surface area contributed by atoms with Crippen molar-refractivity contribution in [2.75, 3.05) is 164 Å². The van der Waals surface area contributed by atoms with Gasteiger partial charge < -0.3 is 84.6 Å². The van der Waals surface area contributed by atoms with E-state index in [0.29, 0.717) is 137 Å². The molecule has 85 heavy (non-hydrogen) atoms. The number of esters is 3. The Morgan fingerprint density at radius 3 is 1.14 bits per heavy atom. The number of aliphatic carboxylic acids is 3. The van der Waals surface area contributed by atoms with Gasteiger partial charge in [0, 0.05) is 118 Å². The Hall–Kier alpha value is -1.86. The van der Waals surface area contributed by atoms with Crippen LogP contribution in [-0.2, 0) is 57.2 Å². The van der Waals surface area contributed by atoms with E-state index in [0.717, 1.165) is 84.2 Å². The molecule has 3 heterocycles. The first kappa shape index (κ1) is 96.8. The van der Waals surface area contributed by atoms with E-state index in [9.17, 15) is 48.9 Å². The van der Waals surface area contributed by atoms with Crippen LogP contribution in [0.1, 0.15) is 137 Å². The minimum atomic E-state index is -1.02. The van der Waals surface area contributed by atoms with Crippen molar-refractivity contribution in [3.05, 3.63) is 25.8 Å². The summed E-state index contributed by atoms with van der Waals surface area (Å²) in [5.41, 5.74) is 5.29. The van der Waals surface area contributed by atoms with E-state index in [1.54, 1.807) is 27.7 Å². The second kappa shape index (κ2) is 78.2. The molecule has 28 heteroatoms. The molecule has 0 bridgehead atoms. The molecule has 0 saturated carbocycles. The van der Waals surface area contributed by atoms with Crippen LogP contribution in [0.5, 0.6) is 0 Å². The molecule has 26 nitrogen and oxygen atoms in total. The summed E-state index contributed by atoms with van der Waals surface area (Å²) in [7, 11) is 0. The largest absolute Gasteiger partial charge is 1.00 e. The Labute approximate surface area is 595 Å². The number of aliphatic hydroxyl groups is 3. The van der Waals surface area contributed by atoms with Crippen molar-refractivity contribution < 1.29 is 192 Å². The van der Waals surface area contributed by atoms with Gasteiger partial charge in [-0.1, -0.05) is 19.3 Å². The molecule has 3 rings (SSSR count). The van der Waals surface area contributed by atoms with Crippen LogP contribution in [0.25, 0.3) is 4.85 Å². The maximum atomic E-state index is 12.6. The minimum absolute atomic E-state index is 0. The first-order valence-electron chi connectivity index (χ1n) is 28.9. The van der Waals surface area contributed by atoms with Crippen molar-refractivity contribution in [2.24, 2.45) is 5.73 Å². The number of amides is 1. The number of nitrogens with one attached hydrogen (secondary N) is 1. The van der Waals surface area contributed by atoms with Crippen LogP contribution in [-0.4, -0.2) is 256 Å². The number of hydrogen-bond donors (Lipinski definition) is 8. The van der Waals surface area contributed by atoms with Gasteiger partial charge in [0.25, 0.3) is 0 Å². The zero-order chi connectivity index (χ0) is 62.1. The summed E-state index contributed by atoms with van der Waals surface area (Å²) >= 11 is 0. The van der Waals surface area contributed by atoms with Crippen molar-refractivity contribution >= 4 is 41.7 Å². The monoisotopic (exact) mass is 1270 g/mol. The molecule has 1 amide bonds. The summed E-state index contributed by atoms with van der Waals surface area (Å²) in [6, 6.07) is 1.75. The smallest absolute Gasteiger partial charge is 0.480 e. The number of nitrogens with two attached hydrogens (primary N) is 1. The Bertz CT molecular complexity index is 1600. The molecule has 3 aliphatic rings. The summed E-state index contributed by atoms with van der Waals surface area (Å²) in [6.07, 6.45) is 14.3. The summed E-state index contributed by atoms with van der Waals surface area (Å²) in [6.45, 7) is 22.0. The summed E-state index contributed by atoms with van der Waals surface area (Å²) < 4.78 is 24.5. The Kier molecular flexibility index (Phi) is 89.1. The van der Waals surface area contributed by atoms with Crippen LogP contribution < -0.4 is 114 Å². The normalized spacial score (nSPS) is 13.8. The number of hydrogen-bond acceptors (Lipinski definition) is 21. The molecule has 0 aromatic rings. The number of epoxide rings is 1. The maximum Gasteiger partial charge on any atom is 1.00 e. The number of carbonyl (C=O) groups is 7. The first-order chi connectivity index (χ1) is 39.6. The molecule has 3 fully saturated rings. The van der Waals surface area contributed by atoms with E-state index in [-0.39, 0.29) is 188 Å². The Morgan fingerprint density at radius 2 is 0.871 bits per heavy atom. The average molecular weight is 1270 g/mol. The number of unbranched alkanes of at least 4 members (excludes halogenated alkanes) is 8. The Morgan fingerprint density at radius 1 is 0.553 bits per heavy atom. The molecule has 0 spiro atoms. The van der Waals surface area contributed by atoms with Gasteiger partial charge in [0.05, 0.1) is 71.7 Å². The molecule has 0 aromatic carbocycles. The van der Waals surface area contributed by atoms with Gasteiger partial charge in [-0.25, -0.2) is 6.57 Å². The van der Waals surface area contributed by atoms with E-state index in [1.165, 1.54) is 19.8 Å². The van der Waals surface area contributed by atoms with Crippen molar-refractivity contribution in [1.82, 2.24) is 24.9 Å². The van der Waals surface area contributed by atoms with Gasteiger partial charge in [-0.2, -0.15) is 12.2 Å². The second-order valence-electron chi connectivity index (χ2n) is 18.5. The number of rotatable bonds is 35.